The van der Waals surface area contributed by atoms with Gasteiger partial charge < -0.3 is 10.3 Å². The van der Waals surface area contributed by atoms with Crippen LogP contribution >= 0.6 is 8.25 Å². The maximum absolute atomic E-state index is 10.8. The molecule has 0 aromatic carbocycles. The van der Waals surface area contributed by atoms with Crippen molar-refractivity contribution in [2.45, 2.75) is 19.8 Å². The SMILES string of the molecule is CCCCO[PH](=O)ONCCN.[Zr]. The molecular weight excluding hydrogens is 270 g/mol. The summed E-state index contributed by atoms with van der Waals surface area (Å²) in [6.07, 6.45) is 1.92. The van der Waals surface area contributed by atoms with Crippen LogP contribution in [0.4, 0.5) is 0 Å². The molecule has 0 aliphatic rings. The van der Waals surface area contributed by atoms with Crippen LogP contribution in [-0.2, 0) is 39.9 Å². The Bertz CT molecular complexity index is 116. The molecule has 3 N–H and O–H groups in total. The van der Waals surface area contributed by atoms with Gasteiger partial charge in [-0.3, -0.25) is 4.57 Å². The number of nitrogens with one attached hydrogen (secondary N) is 1. The monoisotopic (exact) mass is 286 g/mol. The zero-order valence-corrected chi connectivity index (χ0v) is 11.3. The molecule has 0 saturated carbocycles. The second kappa shape index (κ2) is 13.0. The Kier molecular flexibility index (Phi) is 16.3. The van der Waals surface area contributed by atoms with Gasteiger partial charge in [0.25, 0.3) is 0 Å². The minimum atomic E-state index is -2.35. The molecule has 0 spiro atoms. The Labute approximate surface area is 98.8 Å². The van der Waals surface area contributed by atoms with Gasteiger partial charge in [0.1, 0.15) is 0 Å². The van der Waals surface area contributed by atoms with Crippen LogP contribution in [0.5, 0.6) is 0 Å². The maximum atomic E-state index is 10.8. The number of unbranched alkanes of at least 4 members (excludes halogenated alkanes) is 1. The van der Waals surface area contributed by atoms with Gasteiger partial charge >= 0.3 is 8.25 Å². The first-order chi connectivity index (χ1) is 5.81. The summed E-state index contributed by atoms with van der Waals surface area (Å²) >= 11 is 0. The number of hydroxylamine groups is 1. The Morgan fingerprint density at radius 3 is 2.77 bits per heavy atom. The van der Waals surface area contributed by atoms with E-state index in [9.17, 15) is 4.57 Å². The molecule has 13 heavy (non-hydrogen) atoms. The predicted molar refractivity (Wildman–Crippen MR) is 48.0 cm³/mol. The molecule has 5 nitrogen and oxygen atoms in total. The summed E-state index contributed by atoms with van der Waals surface area (Å²) in [5, 5.41) is 0. The van der Waals surface area contributed by atoms with Crippen LogP contribution in [0.2, 0.25) is 0 Å². The molecule has 0 amide bonds. The first-order valence-corrected chi connectivity index (χ1v) is 5.30. The summed E-state index contributed by atoms with van der Waals surface area (Å²) in [5.41, 5.74) is 7.61. The predicted octanol–water partition coefficient (Wildman–Crippen LogP) is 0.670. The molecule has 0 aliphatic heterocycles. The van der Waals surface area contributed by atoms with Crippen LogP contribution in [0.3, 0.4) is 0 Å². The van der Waals surface area contributed by atoms with Crippen molar-refractivity contribution in [2.24, 2.45) is 5.73 Å². The van der Waals surface area contributed by atoms with Crippen LogP contribution < -0.4 is 11.2 Å². The van der Waals surface area contributed by atoms with E-state index in [-0.39, 0.29) is 26.2 Å². The Hall–Kier alpha value is 0.953. The standard InChI is InChI=1S/C6H17N2O3P.Zr/c1-2-3-6-10-12(9)11-8-5-4-7;/h8,12H,2-7H2,1H3;. The molecule has 0 fully saturated rings. The maximum Gasteiger partial charge on any atom is 0.335 e. The molecule has 0 bridgehead atoms. The molecule has 7 heteroatoms. The van der Waals surface area contributed by atoms with Gasteiger partial charge in [-0.05, 0) is 6.42 Å². The van der Waals surface area contributed by atoms with Crippen molar-refractivity contribution in [3.63, 3.8) is 0 Å². The molecule has 0 saturated heterocycles. The van der Waals surface area contributed by atoms with E-state index in [2.05, 4.69) is 10.1 Å². The van der Waals surface area contributed by atoms with Crippen molar-refractivity contribution in [1.29, 1.82) is 0 Å². The third-order valence-electron chi connectivity index (χ3n) is 1.12. The van der Waals surface area contributed by atoms with E-state index in [4.69, 9.17) is 10.3 Å². The minimum absolute atomic E-state index is 0. The van der Waals surface area contributed by atoms with Crippen LogP contribution in [0.1, 0.15) is 19.8 Å². The van der Waals surface area contributed by atoms with Gasteiger partial charge in [0.05, 0.1) is 6.61 Å². The Morgan fingerprint density at radius 1 is 1.54 bits per heavy atom. The van der Waals surface area contributed by atoms with Crippen molar-refractivity contribution >= 4 is 8.25 Å². The van der Waals surface area contributed by atoms with Gasteiger partial charge in [-0.1, -0.05) is 13.3 Å². The molecule has 78 valence electrons. The molecule has 0 rings (SSSR count). The fraction of sp³-hybridized carbons (Fsp3) is 1.00. The number of hydrogen-bond donors (Lipinski definition) is 2. The van der Waals surface area contributed by atoms with Crippen molar-refractivity contribution < 1.29 is 39.9 Å². The van der Waals surface area contributed by atoms with E-state index < -0.39 is 8.25 Å². The largest absolute Gasteiger partial charge is 0.335 e. The van der Waals surface area contributed by atoms with Crippen LogP contribution in [0, 0.1) is 0 Å². The normalized spacial score (nSPS) is 12.2. The first kappa shape index (κ1) is 16.4. The van der Waals surface area contributed by atoms with Crippen LogP contribution in [0.15, 0.2) is 0 Å². The second-order valence-electron chi connectivity index (χ2n) is 2.24. The minimum Gasteiger partial charge on any atom is -0.329 e. The number of hydrogen-bond acceptors (Lipinski definition) is 5. The number of rotatable bonds is 8. The topological polar surface area (TPSA) is 73.6 Å². The fourth-order valence-corrected chi connectivity index (χ4v) is 1.09. The summed E-state index contributed by atoms with van der Waals surface area (Å²) < 4.78 is 20.3. The quantitative estimate of drug-likeness (QED) is 0.390. The first-order valence-electron chi connectivity index (χ1n) is 4.07. The van der Waals surface area contributed by atoms with Crippen molar-refractivity contribution in [2.75, 3.05) is 19.7 Å². The Morgan fingerprint density at radius 2 is 2.23 bits per heavy atom. The van der Waals surface area contributed by atoms with E-state index in [1.165, 1.54) is 0 Å². The molecule has 0 radical (unpaired) electrons. The fourth-order valence-electron chi connectivity index (χ4n) is 0.498. The van der Waals surface area contributed by atoms with Gasteiger partial charge in [-0.15, -0.1) is 0 Å². The summed E-state index contributed by atoms with van der Waals surface area (Å²) in [6.45, 7) is 3.45. The third-order valence-corrected chi connectivity index (χ3v) is 1.87. The van der Waals surface area contributed by atoms with Gasteiger partial charge in [0.2, 0.25) is 0 Å². The van der Waals surface area contributed by atoms with Gasteiger partial charge in [-0.2, -0.15) is 5.48 Å². The molecule has 1 unspecified atom stereocenters. The summed E-state index contributed by atoms with van der Waals surface area (Å²) in [7, 11) is -2.35. The van der Waals surface area contributed by atoms with E-state index in [1.807, 2.05) is 6.92 Å². The van der Waals surface area contributed by atoms with Crippen LogP contribution in [-0.4, -0.2) is 19.7 Å². The zero-order valence-electron chi connectivity index (χ0n) is 7.84. The Balaban J connectivity index is 0. The molecule has 0 aromatic heterocycles. The molecule has 0 heterocycles. The van der Waals surface area contributed by atoms with E-state index in [0.717, 1.165) is 12.8 Å². The molecule has 1 atom stereocenters. The summed E-state index contributed by atoms with van der Waals surface area (Å²) in [6, 6.07) is 0. The summed E-state index contributed by atoms with van der Waals surface area (Å²) in [5.74, 6) is 0. The van der Waals surface area contributed by atoms with E-state index in [0.29, 0.717) is 19.7 Å². The molecule has 0 aliphatic carbocycles. The molecule has 0 aromatic rings. The van der Waals surface area contributed by atoms with Gasteiger partial charge in [-0.25, -0.2) is 4.62 Å². The summed E-state index contributed by atoms with van der Waals surface area (Å²) in [4.78, 5) is 0. The second-order valence-corrected chi connectivity index (χ2v) is 3.23. The van der Waals surface area contributed by atoms with E-state index in [1.54, 1.807) is 0 Å². The van der Waals surface area contributed by atoms with Crippen molar-refractivity contribution in [1.82, 2.24) is 5.48 Å². The van der Waals surface area contributed by atoms with Crippen molar-refractivity contribution in [3.05, 3.63) is 0 Å². The average Bonchev–Trinajstić information content (AvgIpc) is 2.06. The van der Waals surface area contributed by atoms with Crippen molar-refractivity contribution in [3.8, 4) is 0 Å². The van der Waals surface area contributed by atoms with Crippen LogP contribution in [0.25, 0.3) is 0 Å². The van der Waals surface area contributed by atoms with Gasteiger partial charge in [0.15, 0.2) is 0 Å². The smallest absolute Gasteiger partial charge is 0.329 e. The number of nitrogens with two attached hydrogens (primary N) is 1. The average molecular weight is 287 g/mol. The molecular formula is C6H17N2O3PZr. The van der Waals surface area contributed by atoms with Gasteiger partial charge in [0, 0.05) is 39.3 Å². The van der Waals surface area contributed by atoms with E-state index >= 15 is 0 Å². The third kappa shape index (κ3) is 13.0. The zero-order chi connectivity index (χ0) is 9.23.